The molecule has 2 aromatic carbocycles. The van der Waals surface area contributed by atoms with E-state index in [2.05, 4.69) is 5.32 Å². The summed E-state index contributed by atoms with van der Waals surface area (Å²) in [7, 11) is 0. The van der Waals surface area contributed by atoms with E-state index in [1.54, 1.807) is 0 Å². The molecule has 130 valence electrons. The maximum atomic E-state index is 11.9. The van der Waals surface area contributed by atoms with Crippen LogP contribution in [0.15, 0.2) is 30.3 Å². The van der Waals surface area contributed by atoms with Gasteiger partial charge >= 0.3 is 5.97 Å². The highest BCUT2D eigenvalue weighted by molar-refractivity contribution is 6.06. The summed E-state index contributed by atoms with van der Waals surface area (Å²) >= 11 is 0. The van der Waals surface area contributed by atoms with Gasteiger partial charge in [0.1, 0.15) is 0 Å². The first kappa shape index (κ1) is 17.5. The SMILES string of the molecule is O=C(/C=C/c1cc(O)c(O)c(O)c1)Nc1cc(O)c(O)cc1C(=O)O. The summed E-state index contributed by atoms with van der Waals surface area (Å²) in [4.78, 5) is 23.0. The highest BCUT2D eigenvalue weighted by Crippen LogP contribution is 2.35. The second-order valence-electron chi connectivity index (χ2n) is 4.92. The zero-order chi connectivity index (χ0) is 18.7. The smallest absolute Gasteiger partial charge is 0.337 e. The summed E-state index contributed by atoms with van der Waals surface area (Å²) < 4.78 is 0. The number of phenols is 5. The van der Waals surface area contributed by atoms with Crippen LogP contribution in [-0.4, -0.2) is 42.5 Å². The van der Waals surface area contributed by atoms with Crippen molar-refractivity contribution in [2.75, 3.05) is 5.32 Å². The van der Waals surface area contributed by atoms with Crippen molar-refractivity contribution in [3.05, 3.63) is 41.5 Å². The topological polar surface area (TPSA) is 168 Å². The van der Waals surface area contributed by atoms with Crippen LogP contribution in [0.2, 0.25) is 0 Å². The molecule has 9 nitrogen and oxygen atoms in total. The van der Waals surface area contributed by atoms with Gasteiger partial charge in [0.15, 0.2) is 28.7 Å². The number of rotatable bonds is 4. The van der Waals surface area contributed by atoms with Crippen LogP contribution in [-0.2, 0) is 4.79 Å². The molecule has 0 aromatic heterocycles. The molecule has 0 atom stereocenters. The van der Waals surface area contributed by atoms with Crippen LogP contribution in [0.1, 0.15) is 15.9 Å². The predicted octanol–water partition coefficient (Wildman–Crippen LogP) is 1.56. The summed E-state index contributed by atoms with van der Waals surface area (Å²) in [5.41, 5.74) is -0.485. The molecule has 0 fully saturated rings. The maximum absolute atomic E-state index is 11.9. The van der Waals surface area contributed by atoms with E-state index < -0.39 is 46.2 Å². The number of carboxylic acids is 1. The maximum Gasteiger partial charge on any atom is 0.337 e. The van der Waals surface area contributed by atoms with Gasteiger partial charge in [0.05, 0.1) is 11.3 Å². The molecular formula is C16H13NO8. The monoisotopic (exact) mass is 347 g/mol. The summed E-state index contributed by atoms with van der Waals surface area (Å²) in [5.74, 6) is -5.35. The van der Waals surface area contributed by atoms with Gasteiger partial charge in [-0.25, -0.2) is 4.79 Å². The Balaban J connectivity index is 2.23. The van der Waals surface area contributed by atoms with E-state index in [0.29, 0.717) is 0 Å². The van der Waals surface area contributed by atoms with Crippen molar-refractivity contribution in [1.82, 2.24) is 0 Å². The van der Waals surface area contributed by atoms with Crippen LogP contribution >= 0.6 is 0 Å². The van der Waals surface area contributed by atoms with Crippen molar-refractivity contribution in [3.63, 3.8) is 0 Å². The number of anilines is 1. The molecule has 0 spiro atoms. The van der Waals surface area contributed by atoms with Crippen molar-refractivity contribution >= 4 is 23.6 Å². The molecule has 0 heterocycles. The molecule has 2 aromatic rings. The van der Waals surface area contributed by atoms with Gasteiger partial charge in [-0.1, -0.05) is 0 Å². The zero-order valence-electron chi connectivity index (χ0n) is 12.5. The Bertz CT molecular complexity index is 865. The quantitative estimate of drug-likeness (QED) is 0.248. The molecular weight excluding hydrogens is 334 g/mol. The summed E-state index contributed by atoms with van der Waals surface area (Å²) in [6, 6.07) is 3.84. The normalized spacial score (nSPS) is 10.7. The second-order valence-corrected chi connectivity index (χ2v) is 4.92. The number of hydrogen-bond donors (Lipinski definition) is 7. The zero-order valence-corrected chi connectivity index (χ0v) is 12.5. The summed E-state index contributed by atoms with van der Waals surface area (Å²) in [6.07, 6.45) is 2.16. The van der Waals surface area contributed by atoms with E-state index in [1.807, 2.05) is 0 Å². The lowest BCUT2D eigenvalue weighted by molar-refractivity contribution is -0.111. The fourth-order valence-corrected chi connectivity index (χ4v) is 1.93. The third-order valence-electron chi connectivity index (χ3n) is 3.12. The molecule has 1 amide bonds. The minimum absolute atomic E-state index is 0.190. The number of aromatic hydroxyl groups is 5. The molecule has 0 saturated heterocycles. The van der Waals surface area contributed by atoms with Crippen molar-refractivity contribution < 1.29 is 40.2 Å². The number of nitrogens with one attached hydrogen (secondary N) is 1. The average Bonchev–Trinajstić information content (AvgIpc) is 2.53. The Morgan fingerprint density at radius 1 is 0.840 bits per heavy atom. The molecule has 0 saturated carbocycles. The van der Waals surface area contributed by atoms with Crippen LogP contribution in [0, 0.1) is 0 Å². The molecule has 0 radical (unpaired) electrons. The fraction of sp³-hybridized carbons (Fsp3) is 0. The van der Waals surface area contributed by atoms with Gasteiger partial charge in [0, 0.05) is 18.2 Å². The van der Waals surface area contributed by atoms with Crippen LogP contribution in [0.4, 0.5) is 5.69 Å². The van der Waals surface area contributed by atoms with Gasteiger partial charge < -0.3 is 36.0 Å². The molecule has 0 bridgehead atoms. The number of phenolic OH excluding ortho intramolecular Hbond substituents is 5. The lowest BCUT2D eigenvalue weighted by Crippen LogP contribution is -2.12. The number of carbonyl (C=O) groups excluding carboxylic acids is 1. The second kappa shape index (κ2) is 6.71. The highest BCUT2D eigenvalue weighted by Gasteiger charge is 2.15. The molecule has 25 heavy (non-hydrogen) atoms. The predicted molar refractivity (Wildman–Crippen MR) is 85.8 cm³/mol. The number of benzene rings is 2. The minimum atomic E-state index is -1.43. The van der Waals surface area contributed by atoms with E-state index in [0.717, 1.165) is 30.3 Å². The molecule has 0 unspecified atom stereocenters. The van der Waals surface area contributed by atoms with Gasteiger partial charge in [-0.3, -0.25) is 4.79 Å². The number of hydrogen-bond acceptors (Lipinski definition) is 7. The number of aromatic carboxylic acids is 1. The third kappa shape index (κ3) is 3.91. The number of amides is 1. The van der Waals surface area contributed by atoms with Crippen LogP contribution in [0.3, 0.4) is 0 Å². The Morgan fingerprint density at radius 3 is 1.96 bits per heavy atom. The lowest BCUT2D eigenvalue weighted by Gasteiger charge is -2.08. The summed E-state index contributed by atoms with van der Waals surface area (Å²) in [5, 5.41) is 58.0. The summed E-state index contributed by atoms with van der Waals surface area (Å²) in [6.45, 7) is 0. The van der Waals surface area contributed by atoms with Crippen molar-refractivity contribution in [2.24, 2.45) is 0 Å². The van der Waals surface area contributed by atoms with E-state index >= 15 is 0 Å². The lowest BCUT2D eigenvalue weighted by atomic mass is 10.1. The first-order chi connectivity index (χ1) is 11.7. The first-order valence-electron chi connectivity index (χ1n) is 6.72. The third-order valence-corrected chi connectivity index (χ3v) is 3.12. The van der Waals surface area contributed by atoms with Gasteiger partial charge in [-0.2, -0.15) is 0 Å². The number of carbonyl (C=O) groups is 2. The molecule has 9 heteroatoms. The molecule has 0 aliphatic rings. The van der Waals surface area contributed by atoms with Crippen molar-refractivity contribution in [3.8, 4) is 28.7 Å². The Hall–Kier alpha value is -3.88. The number of carboxylic acid groups (broad SMARTS) is 1. The molecule has 0 aliphatic heterocycles. The molecule has 2 rings (SSSR count). The molecule has 0 aliphatic carbocycles. The van der Waals surface area contributed by atoms with Gasteiger partial charge in [0.2, 0.25) is 5.91 Å². The van der Waals surface area contributed by atoms with Crippen molar-refractivity contribution in [2.45, 2.75) is 0 Å². The van der Waals surface area contributed by atoms with E-state index in [1.165, 1.54) is 6.08 Å². The largest absolute Gasteiger partial charge is 0.504 e. The minimum Gasteiger partial charge on any atom is -0.504 e. The highest BCUT2D eigenvalue weighted by atomic mass is 16.4. The van der Waals surface area contributed by atoms with Crippen molar-refractivity contribution in [1.29, 1.82) is 0 Å². The van der Waals surface area contributed by atoms with Gasteiger partial charge in [-0.15, -0.1) is 0 Å². The van der Waals surface area contributed by atoms with Crippen LogP contribution < -0.4 is 5.32 Å². The van der Waals surface area contributed by atoms with E-state index in [4.69, 9.17) is 5.11 Å². The van der Waals surface area contributed by atoms with Gasteiger partial charge in [-0.05, 0) is 23.8 Å². The van der Waals surface area contributed by atoms with E-state index in [9.17, 15) is 35.1 Å². The van der Waals surface area contributed by atoms with Gasteiger partial charge in [0.25, 0.3) is 0 Å². The Morgan fingerprint density at radius 2 is 1.40 bits per heavy atom. The average molecular weight is 347 g/mol. The molecule has 7 N–H and O–H groups in total. The van der Waals surface area contributed by atoms with Crippen LogP contribution in [0.5, 0.6) is 28.7 Å². The standard InChI is InChI=1S/C16H13NO8/c18-10-5-8(16(24)25)9(6-11(10)19)17-14(22)2-1-7-3-12(20)15(23)13(21)4-7/h1-6,18-21,23H,(H,17,22)(H,24,25)/b2-1+. The Labute approximate surface area is 140 Å². The Kier molecular flexibility index (Phi) is 4.69. The fourth-order valence-electron chi connectivity index (χ4n) is 1.93. The first-order valence-corrected chi connectivity index (χ1v) is 6.72. The van der Waals surface area contributed by atoms with E-state index in [-0.39, 0.29) is 11.3 Å². The van der Waals surface area contributed by atoms with Crippen LogP contribution in [0.25, 0.3) is 6.08 Å².